The molecule has 1 aromatic heterocycles. The van der Waals surface area contributed by atoms with E-state index in [1.54, 1.807) is 11.9 Å². The Hall–Kier alpha value is -4.43. The van der Waals surface area contributed by atoms with E-state index < -0.39 is 0 Å². The molecule has 0 bridgehead atoms. The van der Waals surface area contributed by atoms with Gasteiger partial charge in [-0.1, -0.05) is 48.5 Å². The molecule has 1 aliphatic carbocycles. The molecule has 1 fully saturated rings. The Morgan fingerprint density at radius 2 is 1.85 bits per heavy atom. The van der Waals surface area contributed by atoms with Crippen LogP contribution in [0.15, 0.2) is 77.2 Å². The Balaban J connectivity index is 1.24. The van der Waals surface area contributed by atoms with Crippen molar-refractivity contribution in [2.24, 2.45) is 0 Å². The fraction of sp³-hybridized carbons (Fsp3) is 0.303. The maximum Gasteiger partial charge on any atom is 0.274 e. The normalized spacial score (nSPS) is 17.1. The molecule has 0 spiro atoms. The van der Waals surface area contributed by atoms with Crippen molar-refractivity contribution >= 4 is 28.4 Å². The van der Waals surface area contributed by atoms with E-state index in [2.05, 4.69) is 11.4 Å². The molecule has 7 rings (SSSR count). The molecule has 8 nitrogen and oxygen atoms in total. The molecule has 41 heavy (non-hydrogen) atoms. The number of anilines is 1. The number of carbonyl (C=O) groups is 2. The number of nitrogens with zero attached hydrogens (tertiary/aromatic N) is 4. The summed E-state index contributed by atoms with van der Waals surface area (Å²) in [6, 6.07) is 23.6. The lowest BCUT2D eigenvalue weighted by Crippen LogP contribution is -2.55. The molecule has 208 valence electrons. The number of nitrogens with one attached hydrogen (secondary N) is 1. The van der Waals surface area contributed by atoms with Gasteiger partial charge in [0, 0.05) is 57.2 Å². The number of benzene rings is 2. The minimum atomic E-state index is -0.176. The van der Waals surface area contributed by atoms with E-state index in [1.807, 2.05) is 76.2 Å². The van der Waals surface area contributed by atoms with Crippen LogP contribution < -0.4 is 10.2 Å². The van der Waals surface area contributed by atoms with E-state index in [1.165, 1.54) is 0 Å². The van der Waals surface area contributed by atoms with Crippen LogP contribution in [0.25, 0.3) is 22.1 Å². The number of imidazole rings is 1. The highest BCUT2D eigenvalue weighted by Crippen LogP contribution is 2.31. The average molecular weight is 548 g/mol. The molecule has 1 N–H and O–H groups in total. The zero-order chi connectivity index (χ0) is 27.9. The fourth-order valence-electron chi connectivity index (χ4n) is 6.30. The van der Waals surface area contributed by atoms with Gasteiger partial charge in [0.1, 0.15) is 17.3 Å². The van der Waals surface area contributed by atoms with Crippen molar-refractivity contribution in [3.63, 3.8) is 0 Å². The van der Waals surface area contributed by atoms with Crippen molar-refractivity contribution in [1.29, 1.82) is 0 Å². The van der Waals surface area contributed by atoms with Crippen LogP contribution in [-0.4, -0.2) is 59.0 Å². The summed E-state index contributed by atoms with van der Waals surface area (Å²) in [4.78, 5) is 36.8. The molecule has 2 aromatic carbocycles. The number of rotatable bonds is 5. The summed E-state index contributed by atoms with van der Waals surface area (Å²) >= 11 is 0. The summed E-state index contributed by atoms with van der Waals surface area (Å²) in [6.07, 6.45) is 3.39. The maximum atomic E-state index is 14.5. The summed E-state index contributed by atoms with van der Waals surface area (Å²) in [5.41, 5.74) is 2.17. The number of carbonyl (C=O) groups excluding carboxylic acids is 2. The summed E-state index contributed by atoms with van der Waals surface area (Å²) < 4.78 is 8.20. The highest BCUT2D eigenvalue weighted by atomic mass is 16.3. The minimum Gasteiger partial charge on any atom is -0.461 e. The van der Waals surface area contributed by atoms with Crippen LogP contribution in [0.5, 0.6) is 0 Å². The second-order valence-corrected chi connectivity index (χ2v) is 11.0. The molecule has 1 unspecified atom stereocenters. The van der Waals surface area contributed by atoms with Gasteiger partial charge in [0.2, 0.25) is 0 Å². The highest BCUT2D eigenvalue weighted by Gasteiger charge is 2.36. The molecule has 1 atom stereocenters. The SMILES string of the molecule is CN(C(=O)c1cccc2ccccc12)c1nc2n(c1C(=O)N1CCNCC1Cc1ccc3cccc-3o1)CCCC2. The van der Waals surface area contributed by atoms with Crippen LogP contribution in [0.4, 0.5) is 5.82 Å². The first kappa shape index (κ1) is 25.5. The van der Waals surface area contributed by atoms with E-state index in [9.17, 15) is 9.59 Å². The van der Waals surface area contributed by atoms with Gasteiger partial charge in [-0.15, -0.1) is 0 Å². The largest absolute Gasteiger partial charge is 0.461 e. The van der Waals surface area contributed by atoms with Gasteiger partial charge >= 0.3 is 0 Å². The van der Waals surface area contributed by atoms with Gasteiger partial charge in [-0.05, 0) is 47.9 Å². The molecular formula is C33H33N5O3. The van der Waals surface area contributed by atoms with Gasteiger partial charge in [0.05, 0.1) is 6.04 Å². The van der Waals surface area contributed by atoms with Crippen molar-refractivity contribution < 1.29 is 14.0 Å². The summed E-state index contributed by atoms with van der Waals surface area (Å²) in [5.74, 6) is 2.74. The minimum absolute atomic E-state index is 0.0842. The van der Waals surface area contributed by atoms with Crippen LogP contribution in [-0.2, 0) is 19.4 Å². The lowest BCUT2D eigenvalue weighted by Gasteiger charge is -2.36. The third-order valence-corrected chi connectivity index (χ3v) is 8.45. The molecule has 2 amide bonds. The Bertz CT molecular complexity index is 1710. The zero-order valence-electron chi connectivity index (χ0n) is 23.2. The first-order valence-corrected chi connectivity index (χ1v) is 14.4. The number of fused-ring (bicyclic) bond motifs is 3. The zero-order valence-corrected chi connectivity index (χ0v) is 23.2. The Morgan fingerprint density at radius 1 is 1.00 bits per heavy atom. The number of piperazine rings is 1. The summed E-state index contributed by atoms with van der Waals surface area (Å²) in [5, 5.41) is 5.34. The monoisotopic (exact) mass is 547 g/mol. The van der Waals surface area contributed by atoms with Crippen molar-refractivity contribution in [2.75, 3.05) is 31.6 Å². The van der Waals surface area contributed by atoms with E-state index in [0.29, 0.717) is 43.1 Å². The van der Waals surface area contributed by atoms with Crippen molar-refractivity contribution in [3.8, 4) is 11.3 Å². The maximum absolute atomic E-state index is 14.5. The lowest BCUT2D eigenvalue weighted by atomic mass is 10.0. The fourth-order valence-corrected chi connectivity index (χ4v) is 6.30. The van der Waals surface area contributed by atoms with Crippen LogP contribution in [0.3, 0.4) is 0 Å². The predicted octanol–water partition coefficient (Wildman–Crippen LogP) is 5.00. The first-order valence-electron chi connectivity index (χ1n) is 14.4. The van der Waals surface area contributed by atoms with E-state index in [-0.39, 0.29) is 17.9 Å². The Labute approximate surface area is 238 Å². The second kappa shape index (κ2) is 10.5. The molecule has 4 heterocycles. The predicted molar refractivity (Wildman–Crippen MR) is 159 cm³/mol. The average Bonchev–Trinajstić information content (AvgIpc) is 3.64. The van der Waals surface area contributed by atoms with E-state index in [4.69, 9.17) is 9.40 Å². The van der Waals surface area contributed by atoms with Gasteiger partial charge in [0.15, 0.2) is 11.5 Å². The number of aryl methyl sites for hydroxylation is 1. The number of amides is 2. The van der Waals surface area contributed by atoms with Gasteiger partial charge in [0.25, 0.3) is 11.8 Å². The molecular weight excluding hydrogens is 514 g/mol. The van der Waals surface area contributed by atoms with E-state index in [0.717, 1.165) is 59.5 Å². The molecule has 0 radical (unpaired) electrons. The quantitative estimate of drug-likeness (QED) is 0.335. The number of aromatic nitrogens is 2. The van der Waals surface area contributed by atoms with Gasteiger partial charge in [-0.3, -0.25) is 14.5 Å². The lowest BCUT2D eigenvalue weighted by molar-refractivity contribution is 0.0618. The third-order valence-electron chi connectivity index (χ3n) is 8.45. The second-order valence-electron chi connectivity index (χ2n) is 11.0. The van der Waals surface area contributed by atoms with Crippen LogP contribution >= 0.6 is 0 Å². The molecule has 4 aliphatic rings. The van der Waals surface area contributed by atoms with Crippen molar-refractivity contribution in [1.82, 2.24) is 19.8 Å². The topological polar surface area (TPSA) is 83.6 Å². The molecule has 3 aliphatic heterocycles. The van der Waals surface area contributed by atoms with Crippen molar-refractivity contribution in [3.05, 3.63) is 95.6 Å². The Kier molecular flexibility index (Phi) is 6.55. The molecule has 1 saturated heterocycles. The summed E-state index contributed by atoms with van der Waals surface area (Å²) in [6.45, 7) is 2.67. The highest BCUT2D eigenvalue weighted by molar-refractivity contribution is 6.15. The van der Waals surface area contributed by atoms with Crippen molar-refractivity contribution in [2.45, 2.75) is 38.3 Å². The van der Waals surface area contributed by atoms with Gasteiger partial charge in [-0.2, -0.15) is 0 Å². The van der Waals surface area contributed by atoms with Crippen LogP contribution in [0, 0.1) is 0 Å². The van der Waals surface area contributed by atoms with Gasteiger partial charge < -0.3 is 19.2 Å². The number of hydrogen-bond acceptors (Lipinski definition) is 5. The summed E-state index contributed by atoms with van der Waals surface area (Å²) in [7, 11) is 1.73. The smallest absolute Gasteiger partial charge is 0.274 e. The number of hydrogen-bond donors (Lipinski definition) is 1. The third kappa shape index (κ3) is 4.58. The Morgan fingerprint density at radius 3 is 2.78 bits per heavy atom. The van der Waals surface area contributed by atoms with Gasteiger partial charge in [-0.25, -0.2) is 4.98 Å². The molecule has 3 aromatic rings. The standard InChI is InChI=1S/C33H33N5O3/c1-36(32(39)27-12-6-9-22-8-2-3-11-26(22)27)31-30(38-18-5-4-14-29(38)35-31)33(40)37-19-17-34-21-24(37)20-25-16-15-23-10-7-13-28(23)41-25/h2-3,6-13,15-16,24,34H,4-5,14,17-21H2,1H3. The first-order chi connectivity index (χ1) is 20.1. The van der Waals surface area contributed by atoms with Crippen LogP contribution in [0.2, 0.25) is 0 Å². The molecule has 0 saturated carbocycles. The van der Waals surface area contributed by atoms with Crippen LogP contribution in [0.1, 0.15) is 45.3 Å². The molecule has 8 heteroatoms. The van der Waals surface area contributed by atoms with E-state index >= 15 is 0 Å².